The molecule has 4 atom stereocenters. The number of amides is 6. The summed E-state index contributed by atoms with van der Waals surface area (Å²) in [6, 6.07) is 21.8. The molecule has 0 aliphatic carbocycles. The van der Waals surface area contributed by atoms with Gasteiger partial charge in [-0.15, -0.1) is 11.8 Å². The number of thioether (sulfide) groups is 1. The zero-order chi connectivity index (χ0) is 36.0. The molecule has 9 N–H and O–H groups in total. The summed E-state index contributed by atoms with van der Waals surface area (Å²) >= 11 is 1.08. The molecule has 3 aromatic carbocycles. The molecule has 0 aromatic heterocycles. The number of para-hydroxylation sites is 1. The van der Waals surface area contributed by atoms with E-state index in [9.17, 15) is 28.8 Å². The normalized spacial score (nSPS) is 15.9. The molecule has 0 spiro atoms. The van der Waals surface area contributed by atoms with Crippen LogP contribution in [0.3, 0.4) is 0 Å². The molecule has 1 saturated heterocycles. The third-order valence-corrected chi connectivity index (χ3v) is 9.07. The predicted molar refractivity (Wildman–Crippen MR) is 188 cm³/mol. The van der Waals surface area contributed by atoms with Crippen molar-refractivity contribution in [3.05, 3.63) is 96.1 Å². The van der Waals surface area contributed by atoms with Gasteiger partial charge in [-0.2, -0.15) is 0 Å². The Morgan fingerprint density at radius 2 is 1.52 bits per heavy atom. The molecule has 0 bridgehead atoms. The Labute approximate surface area is 293 Å². The van der Waals surface area contributed by atoms with E-state index in [4.69, 9.17) is 21.9 Å². The lowest BCUT2D eigenvalue weighted by Crippen LogP contribution is -2.51. The van der Waals surface area contributed by atoms with Crippen LogP contribution in [-0.4, -0.2) is 76.2 Å². The van der Waals surface area contributed by atoms with Gasteiger partial charge in [-0.3, -0.25) is 28.9 Å². The van der Waals surface area contributed by atoms with Gasteiger partial charge in [0.1, 0.15) is 11.8 Å². The molecule has 0 saturated carbocycles. The average Bonchev–Trinajstić information content (AvgIpc) is 3.37. The van der Waals surface area contributed by atoms with Gasteiger partial charge in [0.25, 0.3) is 0 Å². The first kappa shape index (κ1) is 37.6. The summed E-state index contributed by atoms with van der Waals surface area (Å²) in [5.41, 5.74) is 19.8. The fourth-order valence-electron chi connectivity index (χ4n) is 4.98. The van der Waals surface area contributed by atoms with E-state index < -0.39 is 41.3 Å². The summed E-state index contributed by atoms with van der Waals surface area (Å²) < 4.78 is 5.28. The van der Waals surface area contributed by atoms with Crippen LogP contribution in [0.4, 0.5) is 10.5 Å². The van der Waals surface area contributed by atoms with E-state index in [0.717, 1.165) is 22.9 Å². The van der Waals surface area contributed by atoms with Gasteiger partial charge in [-0.25, -0.2) is 4.79 Å². The van der Waals surface area contributed by atoms with E-state index in [-0.39, 0.29) is 61.6 Å². The van der Waals surface area contributed by atoms with Crippen LogP contribution in [0, 0.1) is 0 Å². The lowest BCUT2D eigenvalue weighted by molar-refractivity contribution is -0.139. The SMILES string of the molecule is NC(=O)[C@H](CSC1CC(=O)N(Cc2ccccc2)C1=O)NC(=O)[C@@H](N)CCCNC(=O)Oc1ccc(C[C@H](N)C(=O)Nc2ccccc2)cc1. The summed E-state index contributed by atoms with van der Waals surface area (Å²) in [6.45, 7) is 0.323. The highest BCUT2D eigenvalue weighted by Gasteiger charge is 2.39. The van der Waals surface area contributed by atoms with Crippen LogP contribution in [-0.2, 0) is 36.9 Å². The number of imide groups is 1. The van der Waals surface area contributed by atoms with Crippen molar-refractivity contribution >= 4 is 53.1 Å². The maximum atomic E-state index is 12.9. The first-order valence-corrected chi connectivity index (χ1v) is 17.1. The molecular weight excluding hydrogens is 662 g/mol. The highest BCUT2D eigenvalue weighted by molar-refractivity contribution is 8.00. The second-order valence-corrected chi connectivity index (χ2v) is 12.9. The zero-order valence-corrected chi connectivity index (χ0v) is 28.1. The summed E-state index contributed by atoms with van der Waals surface area (Å²) in [4.78, 5) is 75.9. The number of likely N-dealkylation sites (tertiary alicyclic amines) is 1. The van der Waals surface area contributed by atoms with E-state index in [0.29, 0.717) is 12.1 Å². The number of hydrogen-bond acceptors (Lipinski definition) is 10. The molecule has 15 heteroatoms. The van der Waals surface area contributed by atoms with Crippen molar-refractivity contribution in [2.75, 3.05) is 17.6 Å². The van der Waals surface area contributed by atoms with Crippen LogP contribution < -0.4 is 37.9 Å². The number of carbonyl (C=O) groups excluding carboxylic acids is 6. The van der Waals surface area contributed by atoms with E-state index in [2.05, 4.69) is 16.0 Å². The number of benzene rings is 3. The van der Waals surface area contributed by atoms with Gasteiger partial charge >= 0.3 is 6.09 Å². The van der Waals surface area contributed by atoms with E-state index in [1.165, 1.54) is 4.90 Å². The molecule has 1 fully saturated rings. The van der Waals surface area contributed by atoms with Crippen LogP contribution in [0.15, 0.2) is 84.9 Å². The molecular formula is C35H41N7O7S. The number of nitrogens with one attached hydrogen (secondary N) is 3. The lowest BCUT2D eigenvalue weighted by atomic mass is 10.1. The summed E-state index contributed by atoms with van der Waals surface area (Å²) in [7, 11) is 0. The molecule has 4 rings (SSSR count). The van der Waals surface area contributed by atoms with Crippen molar-refractivity contribution < 1.29 is 33.5 Å². The minimum atomic E-state index is -1.11. The monoisotopic (exact) mass is 703 g/mol. The maximum Gasteiger partial charge on any atom is 0.412 e. The molecule has 3 aromatic rings. The van der Waals surface area contributed by atoms with Gasteiger partial charge in [0, 0.05) is 24.4 Å². The molecule has 264 valence electrons. The number of primary amides is 1. The molecule has 1 aliphatic heterocycles. The Balaban J connectivity index is 1.12. The van der Waals surface area contributed by atoms with E-state index in [1.807, 2.05) is 48.5 Å². The Morgan fingerprint density at radius 1 is 0.860 bits per heavy atom. The molecule has 14 nitrogen and oxygen atoms in total. The van der Waals surface area contributed by atoms with Gasteiger partial charge in [0.05, 0.1) is 23.9 Å². The highest BCUT2D eigenvalue weighted by Crippen LogP contribution is 2.27. The Morgan fingerprint density at radius 3 is 2.18 bits per heavy atom. The van der Waals surface area contributed by atoms with E-state index >= 15 is 0 Å². The number of carbonyl (C=O) groups is 6. The Kier molecular flexibility index (Phi) is 13.9. The summed E-state index contributed by atoms with van der Waals surface area (Å²) in [6.07, 6.45) is 0.0786. The smallest absolute Gasteiger partial charge is 0.410 e. The summed E-state index contributed by atoms with van der Waals surface area (Å²) in [5.74, 6) is -2.13. The van der Waals surface area contributed by atoms with Gasteiger partial charge in [0.15, 0.2) is 0 Å². The third-order valence-electron chi connectivity index (χ3n) is 7.78. The minimum Gasteiger partial charge on any atom is -0.410 e. The van der Waals surface area contributed by atoms with Crippen LogP contribution >= 0.6 is 11.8 Å². The molecule has 1 heterocycles. The predicted octanol–water partition coefficient (Wildman–Crippen LogP) is 1.42. The lowest BCUT2D eigenvalue weighted by Gasteiger charge is -2.20. The zero-order valence-electron chi connectivity index (χ0n) is 27.3. The standard InChI is InChI=1S/C35H41N7O7S/c36-26(32(45)41-28(31(38)44)21-50-29-19-30(43)42(34(29)47)20-23-8-3-1-4-9-23)12-7-17-39-35(48)49-25-15-13-22(14-16-25)18-27(37)33(46)40-24-10-5-2-6-11-24/h1-6,8-11,13-16,26-29H,7,12,17-21,36-37H2,(H2,38,44)(H,39,48)(H,40,46)(H,41,45)/t26-,27-,28-,29?/m0/s1. The average molecular weight is 704 g/mol. The molecule has 1 unspecified atom stereocenters. The van der Waals surface area contributed by atoms with Gasteiger partial charge in [0.2, 0.25) is 29.5 Å². The third kappa shape index (κ3) is 11.4. The fraction of sp³-hybridized carbons (Fsp3) is 0.314. The fourth-order valence-corrected chi connectivity index (χ4v) is 6.19. The van der Waals surface area contributed by atoms with E-state index in [1.54, 1.807) is 36.4 Å². The summed E-state index contributed by atoms with van der Waals surface area (Å²) in [5, 5.41) is 7.17. The molecule has 50 heavy (non-hydrogen) atoms. The quantitative estimate of drug-likeness (QED) is 0.0875. The van der Waals surface area contributed by atoms with Crippen molar-refractivity contribution in [3.63, 3.8) is 0 Å². The minimum absolute atomic E-state index is 0.0125. The highest BCUT2D eigenvalue weighted by atomic mass is 32.2. The Bertz CT molecular complexity index is 1640. The first-order chi connectivity index (χ1) is 24.0. The number of hydrogen-bond donors (Lipinski definition) is 6. The Hall–Kier alpha value is -5.25. The second-order valence-electron chi connectivity index (χ2n) is 11.7. The largest absolute Gasteiger partial charge is 0.412 e. The van der Waals surface area contributed by atoms with Gasteiger partial charge < -0.3 is 37.9 Å². The number of anilines is 1. The molecule has 0 radical (unpaired) electrons. The topological polar surface area (TPSA) is 229 Å². The second kappa shape index (κ2) is 18.5. The van der Waals surface area contributed by atoms with Crippen molar-refractivity contribution in [2.24, 2.45) is 17.2 Å². The van der Waals surface area contributed by atoms with Crippen molar-refractivity contribution in [1.29, 1.82) is 0 Å². The number of nitrogens with zero attached hydrogens (tertiary/aromatic N) is 1. The van der Waals surface area contributed by atoms with Gasteiger partial charge in [-0.1, -0.05) is 60.7 Å². The van der Waals surface area contributed by atoms with Crippen LogP contribution in [0.2, 0.25) is 0 Å². The number of rotatable bonds is 17. The molecule has 6 amide bonds. The van der Waals surface area contributed by atoms with Gasteiger partial charge in [-0.05, 0) is 54.7 Å². The van der Waals surface area contributed by atoms with Crippen LogP contribution in [0.1, 0.15) is 30.4 Å². The number of nitrogens with two attached hydrogens (primary N) is 3. The van der Waals surface area contributed by atoms with Crippen LogP contribution in [0.25, 0.3) is 0 Å². The van der Waals surface area contributed by atoms with Crippen molar-refractivity contribution in [3.8, 4) is 5.75 Å². The van der Waals surface area contributed by atoms with Crippen LogP contribution in [0.5, 0.6) is 5.75 Å². The maximum absolute atomic E-state index is 12.9. The first-order valence-electron chi connectivity index (χ1n) is 16.0. The van der Waals surface area contributed by atoms with Crippen molar-refractivity contribution in [1.82, 2.24) is 15.5 Å². The number of ether oxygens (including phenoxy) is 1. The van der Waals surface area contributed by atoms with Crippen molar-refractivity contribution in [2.45, 2.75) is 55.6 Å². The molecule has 1 aliphatic rings.